The molecular formula is C33H41N3O5. The van der Waals surface area contributed by atoms with Gasteiger partial charge in [0.1, 0.15) is 24.8 Å². The number of nitrogens with zero attached hydrogens (tertiary/aromatic N) is 3. The minimum atomic E-state index is -0.959. The quantitative estimate of drug-likeness (QED) is 0.171. The van der Waals surface area contributed by atoms with E-state index in [1.54, 1.807) is 27.0 Å². The van der Waals surface area contributed by atoms with Crippen LogP contribution in [0.2, 0.25) is 0 Å². The number of nitriles is 1. The Bertz CT molecular complexity index is 1370. The molecule has 0 saturated carbocycles. The molecule has 0 aliphatic heterocycles. The van der Waals surface area contributed by atoms with Gasteiger partial charge in [0.15, 0.2) is 0 Å². The van der Waals surface area contributed by atoms with Gasteiger partial charge in [-0.15, -0.1) is 0 Å². The van der Waals surface area contributed by atoms with Crippen molar-refractivity contribution in [3.8, 4) is 28.9 Å². The van der Waals surface area contributed by atoms with Crippen molar-refractivity contribution in [2.75, 3.05) is 20.3 Å². The van der Waals surface area contributed by atoms with Crippen LogP contribution < -0.4 is 4.74 Å². The number of hydrogen-bond acceptors (Lipinski definition) is 7. The second-order valence-electron chi connectivity index (χ2n) is 11.6. The van der Waals surface area contributed by atoms with Gasteiger partial charge in [-0.1, -0.05) is 30.3 Å². The van der Waals surface area contributed by atoms with Crippen LogP contribution in [0.4, 0.5) is 0 Å². The van der Waals surface area contributed by atoms with E-state index in [1.807, 2.05) is 69.4 Å². The smallest absolute Gasteiger partial charge is 0.311 e. The maximum atomic E-state index is 13.3. The van der Waals surface area contributed by atoms with Crippen LogP contribution in [0.1, 0.15) is 58.1 Å². The summed E-state index contributed by atoms with van der Waals surface area (Å²) in [7, 11) is 1.34. The van der Waals surface area contributed by atoms with Crippen LogP contribution in [0.5, 0.6) is 5.75 Å². The predicted octanol–water partition coefficient (Wildman–Crippen LogP) is 6.61. The van der Waals surface area contributed by atoms with Crippen molar-refractivity contribution in [3.63, 3.8) is 0 Å². The van der Waals surface area contributed by atoms with Gasteiger partial charge >= 0.3 is 11.9 Å². The number of rotatable bonds is 13. The number of esters is 2. The number of imidazole rings is 1. The second-order valence-corrected chi connectivity index (χ2v) is 11.6. The standard InChI is InChI=1S/C33H41N3O5/c1-23(21-34)13-14-33(6,22-32(4,5)30(37)39-7)31(38)41-18-17-40-27-19-24(2)28(25(3)20-27)36-16-15-35-29(36)26-11-9-8-10-12-26/h8-12,15-16,19-20,23H,13-14,17-18,22H2,1-7H3. The summed E-state index contributed by atoms with van der Waals surface area (Å²) in [5.74, 6) is 0.513. The molecule has 0 spiro atoms. The van der Waals surface area contributed by atoms with E-state index in [0.717, 1.165) is 28.2 Å². The molecule has 2 unspecified atom stereocenters. The highest BCUT2D eigenvalue weighted by molar-refractivity contribution is 5.80. The van der Waals surface area contributed by atoms with Crippen molar-refractivity contribution >= 4 is 11.9 Å². The van der Waals surface area contributed by atoms with E-state index in [1.165, 1.54) is 7.11 Å². The van der Waals surface area contributed by atoms with Crippen LogP contribution >= 0.6 is 0 Å². The van der Waals surface area contributed by atoms with Gasteiger partial charge in [0.05, 0.1) is 29.7 Å². The van der Waals surface area contributed by atoms with Gasteiger partial charge in [-0.2, -0.15) is 5.26 Å². The zero-order valence-electron chi connectivity index (χ0n) is 25.2. The van der Waals surface area contributed by atoms with E-state index in [9.17, 15) is 14.9 Å². The molecule has 3 aromatic rings. The van der Waals surface area contributed by atoms with Crippen molar-refractivity contribution in [2.45, 2.75) is 60.8 Å². The van der Waals surface area contributed by atoms with Crippen molar-refractivity contribution in [1.82, 2.24) is 9.55 Å². The third-order valence-corrected chi connectivity index (χ3v) is 7.38. The van der Waals surface area contributed by atoms with E-state index in [2.05, 4.69) is 15.6 Å². The van der Waals surface area contributed by atoms with E-state index in [4.69, 9.17) is 14.2 Å². The van der Waals surface area contributed by atoms with Crippen molar-refractivity contribution in [3.05, 3.63) is 66.0 Å². The molecule has 2 atom stereocenters. The second kappa shape index (κ2) is 13.5. The zero-order chi connectivity index (χ0) is 30.2. The van der Waals surface area contributed by atoms with Gasteiger partial charge in [0, 0.05) is 23.9 Å². The molecule has 2 aromatic carbocycles. The predicted molar refractivity (Wildman–Crippen MR) is 157 cm³/mol. The molecule has 0 amide bonds. The van der Waals surface area contributed by atoms with Gasteiger partial charge in [-0.05, 0) is 84.1 Å². The molecule has 8 nitrogen and oxygen atoms in total. The van der Waals surface area contributed by atoms with Gasteiger partial charge in [-0.25, -0.2) is 4.98 Å². The lowest BCUT2D eigenvalue weighted by molar-refractivity contribution is -0.162. The van der Waals surface area contributed by atoms with E-state index in [0.29, 0.717) is 18.6 Å². The summed E-state index contributed by atoms with van der Waals surface area (Å²) in [4.78, 5) is 30.2. The SMILES string of the molecule is COC(=O)C(C)(C)CC(C)(CCC(C)C#N)C(=O)OCCOc1cc(C)c(-n2ccnc2-c2ccccc2)c(C)c1. The van der Waals surface area contributed by atoms with Crippen LogP contribution in [0.25, 0.3) is 17.1 Å². The fourth-order valence-electron chi connectivity index (χ4n) is 5.32. The minimum absolute atomic E-state index is 0.0560. The minimum Gasteiger partial charge on any atom is -0.490 e. The Balaban J connectivity index is 1.67. The van der Waals surface area contributed by atoms with Crippen molar-refractivity contribution < 1.29 is 23.8 Å². The summed E-state index contributed by atoms with van der Waals surface area (Å²) in [5, 5.41) is 9.22. The van der Waals surface area contributed by atoms with Crippen molar-refractivity contribution in [2.24, 2.45) is 16.7 Å². The molecule has 8 heteroatoms. The molecule has 1 heterocycles. The molecule has 0 saturated heterocycles. The third kappa shape index (κ3) is 7.75. The van der Waals surface area contributed by atoms with Crippen LogP contribution in [0.3, 0.4) is 0 Å². The lowest BCUT2D eigenvalue weighted by atomic mass is 9.71. The normalized spacial score (nSPS) is 13.5. The number of aryl methyl sites for hydroxylation is 2. The lowest BCUT2D eigenvalue weighted by Gasteiger charge is -2.34. The first-order valence-corrected chi connectivity index (χ1v) is 13.9. The zero-order valence-corrected chi connectivity index (χ0v) is 25.2. The van der Waals surface area contributed by atoms with Crippen LogP contribution in [0.15, 0.2) is 54.9 Å². The van der Waals surface area contributed by atoms with Crippen LogP contribution in [0, 0.1) is 41.9 Å². The Labute approximate surface area is 243 Å². The van der Waals surface area contributed by atoms with Crippen LogP contribution in [-0.4, -0.2) is 41.8 Å². The van der Waals surface area contributed by atoms with Crippen molar-refractivity contribution in [1.29, 1.82) is 5.26 Å². The molecule has 3 rings (SSSR count). The molecule has 0 fully saturated rings. The summed E-state index contributed by atoms with van der Waals surface area (Å²) < 4.78 is 18.6. The number of carbonyl (C=O) groups excluding carboxylic acids is 2. The summed E-state index contributed by atoms with van der Waals surface area (Å²) in [6, 6.07) is 16.2. The first-order chi connectivity index (χ1) is 19.4. The molecule has 0 N–H and O–H groups in total. The van der Waals surface area contributed by atoms with Crippen LogP contribution in [-0.2, 0) is 19.1 Å². The average molecular weight is 560 g/mol. The van der Waals surface area contributed by atoms with E-state index in [-0.39, 0.29) is 25.6 Å². The average Bonchev–Trinajstić information content (AvgIpc) is 3.42. The number of methoxy groups -OCH3 is 1. The van der Waals surface area contributed by atoms with Gasteiger partial charge in [0.2, 0.25) is 0 Å². The maximum Gasteiger partial charge on any atom is 0.311 e. The number of benzene rings is 2. The summed E-state index contributed by atoms with van der Waals surface area (Å²) in [6.07, 6.45) is 4.92. The molecule has 0 aliphatic carbocycles. The summed E-state index contributed by atoms with van der Waals surface area (Å²) in [6.45, 7) is 11.4. The fraction of sp³-hybridized carbons (Fsp3) is 0.455. The Hall–Kier alpha value is -4.12. The van der Waals surface area contributed by atoms with Gasteiger partial charge < -0.3 is 14.2 Å². The number of aromatic nitrogens is 2. The summed E-state index contributed by atoms with van der Waals surface area (Å²) in [5.41, 5.74) is 2.27. The lowest BCUT2D eigenvalue weighted by Crippen LogP contribution is -2.39. The third-order valence-electron chi connectivity index (χ3n) is 7.38. The molecule has 1 aromatic heterocycles. The highest BCUT2D eigenvalue weighted by Gasteiger charge is 2.43. The Morgan fingerprint density at radius 3 is 2.32 bits per heavy atom. The largest absolute Gasteiger partial charge is 0.490 e. The number of hydrogen-bond donors (Lipinski definition) is 0. The Morgan fingerprint density at radius 1 is 1.05 bits per heavy atom. The monoisotopic (exact) mass is 559 g/mol. The molecule has 0 bridgehead atoms. The Kier molecular flexibility index (Phi) is 10.3. The molecule has 0 aliphatic rings. The number of ether oxygens (including phenoxy) is 3. The highest BCUT2D eigenvalue weighted by Crippen LogP contribution is 2.40. The first kappa shape index (κ1) is 31.4. The molecular weight excluding hydrogens is 518 g/mol. The highest BCUT2D eigenvalue weighted by atomic mass is 16.6. The van der Waals surface area contributed by atoms with Gasteiger partial charge in [-0.3, -0.25) is 14.2 Å². The maximum absolute atomic E-state index is 13.3. The fourth-order valence-corrected chi connectivity index (χ4v) is 5.32. The van der Waals surface area contributed by atoms with E-state index < -0.39 is 22.8 Å². The topological polar surface area (TPSA) is 103 Å². The van der Waals surface area contributed by atoms with E-state index >= 15 is 0 Å². The number of carbonyl (C=O) groups is 2. The van der Waals surface area contributed by atoms with Gasteiger partial charge in [0.25, 0.3) is 0 Å². The summed E-state index contributed by atoms with van der Waals surface area (Å²) >= 11 is 0. The molecule has 0 radical (unpaired) electrons. The molecule has 218 valence electrons. The first-order valence-electron chi connectivity index (χ1n) is 13.9. The Morgan fingerprint density at radius 2 is 1.71 bits per heavy atom. The molecule has 41 heavy (non-hydrogen) atoms.